The second-order valence-corrected chi connectivity index (χ2v) is 5.52. The Balaban J connectivity index is 2.15. The Labute approximate surface area is 95.9 Å². The van der Waals surface area contributed by atoms with Gasteiger partial charge < -0.3 is 5.11 Å². The minimum Gasteiger partial charge on any atom is -0.393 e. The minimum atomic E-state index is -0.158. The van der Waals surface area contributed by atoms with Crippen LogP contribution in [0.4, 0.5) is 0 Å². The predicted octanol–water partition coefficient (Wildman–Crippen LogP) is 3.28. The van der Waals surface area contributed by atoms with Crippen molar-refractivity contribution in [2.75, 3.05) is 5.75 Å². The van der Waals surface area contributed by atoms with Gasteiger partial charge >= 0.3 is 0 Å². The van der Waals surface area contributed by atoms with E-state index < -0.39 is 0 Å². The lowest BCUT2D eigenvalue weighted by molar-refractivity contribution is 0.168. The van der Waals surface area contributed by atoms with Crippen molar-refractivity contribution in [2.24, 2.45) is 5.92 Å². The molecule has 0 radical (unpaired) electrons. The Morgan fingerprint density at radius 3 is 2.80 bits per heavy atom. The van der Waals surface area contributed by atoms with Crippen LogP contribution in [-0.2, 0) is 0 Å². The van der Waals surface area contributed by atoms with Gasteiger partial charge in [-0.3, -0.25) is 0 Å². The number of hydrogen-bond acceptors (Lipinski definition) is 2. The Hall–Kier alpha value is -0.470. The van der Waals surface area contributed by atoms with Crippen LogP contribution in [0, 0.1) is 5.92 Å². The zero-order valence-corrected chi connectivity index (χ0v) is 10.1. The summed E-state index contributed by atoms with van der Waals surface area (Å²) in [5, 5.41) is 9.54. The Bertz CT molecular complexity index is 335. The molecule has 0 heterocycles. The molecular weight excluding hydrogens is 204 g/mol. The molecule has 1 N–H and O–H groups in total. The average Bonchev–Trinajstić information content (AvgIpc) is 2.99. The van der Waals surface area contributed by atoms with Gasteiger partial charge in [0, 0.05) is 4.90 Å². The fraction of sp³-hybridized carbons (Fsp3) is 0.538. The van der Waals surface area contributed by atoms with Crippen LogP contribution in [0.2, 0.25) is 0 Å². The topological polar surface area (TPSA) is 20.2 Å². The van der Waals surface area contributed by atoms with E-state index in [2.05, 4.69) is 31.2 Å². The first-order valence-electron chi connectivity index (χ1n) is 5.63. The molecule has 1 saturated carbocycles. The van der Waals surface area contributed by atoms with E-state index >= 15 is 0 Å². The second-order valence-electron chi connectivity index (χ2n) is 4.22. The van der Waals surface area contributed by atoms with Gasteiger partial charge in [-0.2, -0.15) is 0 Å². The molecule has 1 aromatic rings. The number of aliphatic hydroxyl groups excluding tert-OH is 1. The van der Waals surface area contributed by atoms with Crippen LogP contribution in [-0.4, -0.2) is 17.0 Å². The summed E-state index contributed by atoms with van der Waals surface area (Å²) in [5.41, 5.74) is 1.44. The maximum Gasteiger partial charge on any atom is 0.0546 e. The van der Waals surface area contributed by atoms with Crippen LogP contribution in [0.5, 0.6) is 0 Å². The van der Waals surface area contributed by atoms with E-state index in [1.807, 2.05) is 18.7 Å². The van der Waals surface area contributed by atoms with Crippen molar-refractivity contribution in [2.45, 2.75) is 37.2 Å². The lowest BCUT2D eigenvalue weighted by Crippen LogP contribution is -2.03. The van der Waals surface area contributed by atoms with E-state index in [0.717, 1.165) is 12.2 Å². The zero-order valence-electron chi connectivity index (χ0n) is 9.31. The van der Waals surface area contributed by atoms with Gasteiger partial charge in [0.25, 0.3) is 0 Å². The van der Waals surface area contributed by atoms with Crippen molar-refractivity contribution in [3.63, 3.8) is 0 Å². The summed E-state index contributed by atoms with van der Waals surface area (Å²) >= 11 is 1.90. The summed E-state index contributed by atoms with van der Waals surface area (Å²) in [6.07, 6.45) is 0.994. The maximum absolute atomic E-state index is 9.54. The highest BCUT2D eigenvalue weighted by molar-refractivity contribution is 7.99. The molecule has 82 valence electrons. The van der Waals surface area contributed by atoms with Gasteiger partial charge in [-0.1, -0.05) is 25.1 Å². The summed E-state index contributed by atoms with van der Waals surface area (Å²) in [6, 6.07) is 8.61. The van der Waals surface area contributed by atoms with Crippen LogP contribution < -0.4 is 0 Å². The molecule has 1 aromatic carbocycles. The maximum atomic E-state index is 9.54. The summed E-state index contributed by atoms with van der Waals surface area (Å²) in [4.78, 5) is 1.40. The number of aliphatic hydroxyl groups is 1. The van der Waals surface area contributed by atoms with Crippen molar-refractivity contribution in [1.29, 1.82) is 0 Å². The van der Waals surface area contributed by atoms with Crippen LogP contribution in [0.25, 0.3) is 0 Å². The number of hydrogen-bond donors (Lipinski definition) is 1. The monoisotopic (exact) mass is 222 g/mol. The van der Waals surface area contributed by atoms with Gasteiger partial charge in [-0.15, -0.1) is 11.8 Å². The largest absolute Gasteiger partial charge is 0.393 e. The first-order valence-corrected chi connectivity index (χ1v) is 6.62. The van der Waals surface area contributed by atoms with E-state index in [9.17, 15) is 5.11 Å². The SMILES string of the molecule is CCSc1ccccc1C1CC1C(C)O. The Kier molecular flexibility index (Phi) is 3.37. The first-order chi connectivity index (χ1) is 7.24. The van der Waals surface area contributed by atoms with Crippen molar-refractivity contribution >= 4 is 11.8 Å². The highest BCUT2D eigenvalue weighted by atomic mass is 32.2. The molecule has 0 aromatic heterocycles. The van der Waals surface area contributed by atoms with E-state index in [1.54, 1.807) is 0 Å². The normalized spacial score (nSPS) is 26.3. The average molecular weight is 222 g/mol. The van der Waals surface area contributed by atoms with Crippen LogP contribution in [0.3, 0.4) is 0 Å². The van der Waals surface area contributed by atoms with Gasteiger partial charge in [0.1, 0.15) is 0 Å². The van der Waals surface area contributed by atoms with Gasteiger partial charge in [-0.05, 0) is 42.6 Å². The minimum absolute atomic E-state index is 0.158. The molecule has 1 aliphatic rings. The smallest absolute Gasteiger partial charge is 0.0546 e. The van der Waals surface area contributed by atoms with Crippen molar-refractivity contribution < 1.29 is 5.11 Å². The third-order valence-electron chi connectivity index (χ3n) is 3.08. The second kappa shape index (κ2) is 4.58. The molecule has 0 saturated heterocycles. The van der Waals surface area contributed by atoms with E-state index in [4.69, 9.17) is 0 Å². The van der Waals surface area contributed by atoms with Gasteiger partial charge in [0.15, 0.2) is 0 Å². The molecule has 3 atom stereocenters. The van der Waals surface area contributed by atoms with Gasteiger partial charge in [0.05, 0.1) is 6.10 Å². The number of thioether (sulfide) groups is 1. The Morgan fingerprint density at radius 2 is 2.20 bits per heavy atom. The molecule has 15 heavy (non-hydrogen) atoms. The van der Waals surface area contributed by atoms with Gasteiger partial charge in [-0.25, -0.2) is 0 Å². The third-order valence-corrected chi connectivity index (χ3v) is 4.05. The van der Waals surface area contributed by atoms with Crippen LogP contribution in [0.1, 0.15) is 31.7 Å². The van der Waals surface area contributed by atoms with Crippen LogP contribution >= 0.6 is 11.8 Å². The summed E-state index contributed by atoms with van der Waals surface area (Å²) in [6.45, 7) is 4.08. The van der Waals surface area contributed by atoms with E-state index in [-0.39, 0.29) is 6.10 Å². The molecule has 0 spiro atoms. The molecule has 1 fully saturated rings. The fourth-order valence-corrected chi connectivity index (χ4v) is 3.05. The number of rotatable bonds is 4. The summed E-state index contributed by atoms with van der Waals surface area (Å²) in [7, 11) is 0. The molecule has 3 unspecified atom stereocenters. The molecule has 2 heteroatoms. The molecule has 2 rings (SSSR count). The quantitative estimate of drug-likeness (QED) is 0.789. The van der Waals surface area contributed by atoms with Gasteiger partial charge in [0.2, 0.25) is 0 Å². The molecule has 1 nitrogen and oxygen atoms in total. The lowest BCUT2D eigenvalue weighted by Gasteiger charge is -2.08. The van der Waals surface area contributed by atoms with Crippen molar-refractivity contribution in [1.82, 2.24) is 0 Å². The molecule has 0 aliphatic heterocycles. The van der Waals surface area contributed by atoms with E-state index in [1.165, 1.54) is 10.5 Å². The van der Waals surface area contributed by atoms with Crippen LogP contribution in [0.15, 0.2) is 29.2 Å². The summed E-state index contributed by atoms with van der Waals surface area (Å²) in [5.74, 6) is 2.20. The fourth-order valence-electron chi connectivity index (χ4n) is 2.18. The molecule has 0 bridgehead atoms. The third kappa shape index (κ3) is 2.37. The summed E-state index contributed by atoms with van der Waals surface area (Å²) < 4.78 is 0. The highest BCUT2D eigenvalue weighted by Crippen LogP contribution is 2.51. The first kappa shape index (κ1) is 11.0. The standard InChI is InChI=1S/C13H18OS/c1-3-15-13-7-5-4-6-10(13)12-8-11(12)9(2)14/h4-7,9,11-12,14H,3,8H2,1-2H3. The molecule has 0 amide bonds. The Morgan fingerprint density at radius 1 is 1.47 bits per heavy atom. The lowest BCUT2D eigenvalue weighted by atomic mass is 10.1. The molecular formula is C13H18OS. The highest BCUT2D eigenvalue weighted by Gasteiger charge is 2.42. The zero-order chi connectivity index (χ0) is 10.8. The number of benzene rings is 1. The van der Waals surface area contributed by atoms with Crippen molar-refractivity contribution in [3.8, 4) is 0 Å². The predicted molar refractivity (Wildman–Crippen MR) is 65.4 cm³/mol. The molecule has 1 aliphatic carbocycles. The van der Waals surface area contributed by atoms with E-state index in [0.29, 0.717) is 11.8 Å². The van der Waals surface area contributed by atoms with Crippen molar-refractivity contribution in [3.05, 3.63) is 29.8 Å².